The van der Waals surface area contributed by atoms with E-state index >= 15 is 0 Å². The molecule has 1 atom stereocenters. The number of aromatic amines is 1. The molecule has 0 aliphatic rings. The van der Waals surface area contributed by atoms with Crippen molar-refractivity contribution < 1.29 is 19.1 Å². The normalized spacial score (nSPS) is 12.5. The molecule has 9 nitrogen and oxygen atoms in total. The second kappa shape index (κ2) is 9.33. The summed E-state index contributed by atoms with van der Waals surface area (Å²) in [5.41, 5.74) is -0.621. The SMILES string of the molecule is COC(=O)[C@H](CCSCCc1nn[nH]n1)NC(=O)OC(C)(C)C. The molecule has 0 saturated carbocycles. The number of thioether (sulfide) groups is 1. The molecule has 10 heteroatoms. The van der Waals surface area contributed by atoms with Crippen molar-refractivity contribution >= 4 is 23.8 Å². The maximum Gasteiger partial charge on any atom is 0.408 e. The minimum atomic E-state index is -0.729. The van der Waals surface area contributed by atoms with Gasteiger partial charge in [0.05, 0.1) is 7.11 Å². The summed E-state index contributed by atoms with van der Waals surface area (Å²) in [7, 11) is 1.29. The van der Waals surface area contributed by atoms with Crippen LogP contribution in [0.3, 0.4) is 0 Å². The second-order valence-corrected chi connectivity index (χ2v) is 6.93. The van der Waals surface area contributed by atoms with Crippen LogP contribution < -0.4 is 5.32 Å². The van der Waals surface area contributed by atoms with Crippen LogP contribution in [0.2, 0.25) is 0 Å². The summed E-state index contributed by atoms with van der Waals surface area (Å²) in [6, 6.07) is -0.729. The first-order valence-corrected chi connectivity index (χ1v) is 8.34. The lowest BCUT2D eigenvalue weighted by Crippen LogP contribution is -2.44. The fourth-order valence-corrected chi connectivity index (χ4v) is 2.53. The van der Waals surface area contributed by atoms with E-state index in [-0.39, 0.29) is 0 Å². The van der Waals surface area contributed by atoms with Gasteiger partial charge in [0.2, 0.25) is 0 Å². The van der Waals surface area contributed by atoms with E-state index in [9.17, 15) is 9.59 Å². The fraction of sp³-hybridized carbons (Fsp3) is 0.769. The van der Waals surface area contributed by atoms with Crippen LogP contribution in [0.15, 0.2) is 0 Å². The molecule has 1 aromatic heterocycles. The number of hydrogen-bond acceptors (Lipinski definition) is 8. The number of carbonyl (C=O) groups is 2. The topological polar surface area (TPSA) is 119 Å². The third-order valence-electron chi connectivity index (χ3n) is 2.59. The zero-order chi connectivity index (χ0) is 17.3. The molecule has 0 aromatic carbocycles. The van der Waals surface area contributed by atoms with Gasteiger partial charge < -0.3 is 14.8 Å². The zero-order valence-corrected chi connectivity index (χ0v) is 14.6. The number of ether oxygens (including phenoxy) is 2. The van der Waals surface area contributed by atoms with Gasteiger partial charge in [-0.3, -0.25) is 0 Å². The standard InChI is InChI=1S/C13H23N5O4S/c1-13(2,3)22-12(20)14-9(11(19)21-4)5-7-23-8-6-10-15-17-18-16-10/h9H,5-8H2,1-4H3,(H,14,20)(H,15,16,17,18)/t9-/m0/s1. The van der Waals surface area contributed by atoms with Crippen LogP contribution in [0.5, 0.6) is 0 Å². The predicted molar refractivity (Wildman–Crippen MR) is 85.0 cm³/mol. The maximum absolute atomic E-state index is 11.8. The molecule has 1 heterocycles. The van der Waals surface area contributed by atoms with Gasteiger partial charge >= 0.3 is 12.1 Å². The first-order chi connectivity index (χ1) is 10.8. The van der Waals surface area contributed by atoms with Gasteiger partial charge in [-0.2, -0.15) is 17.0 Å². The van der Waals surface area contributed by atoms with Crippen molar-refractivity contribution in [2.75, 3.05) is 18.6 Å². The average molecular weight is 345 g/mol. The van der Waals surface area contributed by atoms with Gasteiger partial charge in [0.25, 0.3) is 0 Å². The highest BCUT2D eigenvalue weighted by Crippen LogP contribution is 2.10. The highest BCUT2D eigenvalue weighted by atomic mass is 32.2. The van der Waals surface area contributed by atoms with Crippen molar-refractivity contribution in [3.63, 3.8) is 0 Å². The highest BCUT2D eigenvalue weighted by molar-refractivity contribution is 7.99. The number of carbonyl (C=O) groups excluding carboxylic acids is 2. The molecule has 0 spiro atoms. The Morgan fingerprint density at radius 1 is 1.35 bits per heavy atom. The number of aromatic nitrogens is 4. The Labute approximate surface area is 139 Å². The maximum atomic E-state index is 11.8. The van der Waals surface area contributed by atoms with E-state index in [1.54, 1.807) is 32.5 Å². The molecule has 0 aliphatic heterocycles. The largest absolute Gasteiger partial charge is 0.467 e. The summed E-state index contributed by atoms with van der Waals surface area (Å²) in [6.45, 7) is 5.27. The molecular formula is C13H23N5O4S. The van der Waals surface area contributed by atoms with Crippen LogP contribution in [-0.4, -0.2) is 62.9 Å². The van der Waals surface area contributed by atoms with Crippen molar-refractivity contribution in [2.45, 2.75) is 45.3 Å². The monoisotopic (exact) mass is 345 g/mol. The van der Waals surface area contributed by atoms with Crippen molar-refractivity contribution in [1.82, 2.24) is 25.9 Å². The summed E-state index contributed by atoms with van der Waals surface area (Å²) in [5, 5.41) is 16.1. The fourth-order valence-electron chi connectivity index (χ4n) is 1.60. The molecule has 130 valence electrons. The number of amides is 1. The van der Waals surface area contributed by atoms with Gasteiger partial charge in [0.15, 0.2) is 5.82 Å². The van der Waals surface area contributed by atoms with Gasteiger partial charge in [-0.05, 0) is 32.9 Å². The van der Waals surface area contributed by atoms with E-state index < -0.39 is 23.7 Å². The summed E-state index contributed by atoms with van der Waals surface area (Å²) in [5.74, 6) is 1.62. The molecule has 1 rings (SSSR count). The van der Waals surface area contributed by atoms with Crippen molar-refractivity contribution in [2.24, 2.45) is 0 Å². The molecule has 0 unspecified atom stereocenters. The summed E-state index contributed by atoms with van der Waals surface area (Å²) in [4.78, 5) is 23.5. The number of alkyl carbamates (subject to hydrolysis) is 1. The third kappa shape index (κ3) is 8.38. The van der Waals surface area contributed by atoms with E-state index in [0.29, 0.717) is 24.4 Å². The summed E-state index contributed by atoms with van der Waals surface area (Å²) >= 11 is 1.63. The Kier molecular flexibility index (Phi) is 7.79. The molecule has 0 fully saturated rings. The van der Waals surface area contributed by atoms with E-state index in [0.717, 1.165) is 5.75 Å². The number of nitrogens with zero attached hydrogens (tertiary/aromatic N) is 3. The Morgan fingerprint density at radius 3 is 2.65 bits per heavy atom. The first kappa shape index (κ1) is 19.2. The van der Waals surface area contributed by atoms with Crippen LogP contribution in [0.25, 0.3) is 0 Å². The van der Waals surface area contributed by atoms with E-state index in [1.807, 2.05) is 0 Å². The van der Waals surface area contributed by atoms with E-state index in [4.69, 9.17) is 9.47 Å². The van der Waals surface area contributed by atoms with Crippen LogP contribution in [0.1, 0.15) is 33.0 Å². The summed E-state index contributed by atoms with van der Waals surface area (Å²) in [6.07, 6.45) is 0.497. The molecule has 0 radical (unpaired) electrons. The van der Waals surface area contributed by atoms with Gasteiger partial charge in [-0.1, -0.05) is 5.21 Å². The smallest absolute Gasteiger partial charge is 0.408 e. The zero-order valence-electron chi connectivity index (χ0n) is 13.8. The lowest BCUT2D eigenvalue weighted by atomic mass is 10.2. The van der Waals surface area contributed by atoms with Crippen LogP contribution >= 0.6 is 11.8 Å². The van der Waals surface area contributed by atoms with Gasteiger partial charge in [0.1, 0.15) is 11.6 Å². The number of rotatable bonds is 8. The molecule has 0 aliphatic carbocycles. The molecule has 0 bridgehead atoms. The molecule has 2 N–H and O–H groups in total. The minimum absolute atomic E-state index is 0.447. The van der Waals surface area contributed by atoms with Gasteiger partial charge in [0, 0.05) is 12.2 Å². The predicted octanol–water partition coefficient (Wildman–Crippen LogP) is 0.932. The lowest BCUT2D eigenvalue weighted by molar-refractivity contribution is -0.143. The number of aryl methyl sites for hydroxylation is 1. The molecule has 0 saturated heterocycles. The molecule has 1 amide bonds. The van der Waals surface area contributed by atoms with Crippen molar-refractivity contribution in [3.8, 4) is 0 Å². The Morgan fingerprint density at radius 2 is 2.09 bits per heavy atom. The van der Waals surface area contributed by atoms with Gasteiger partial charge in [-0.15, -0.1) is 10.2 Å². The number of hydrogen-bond donors (Lipinski definition) is 2. The number of esters is 1. The first-order valence-electron chi connectivity index (χ1n) is 7.19. The lowest BCUT2D eigenvalue weighted by Gasteiger charge is -2.22. The third-order valence-corrected chi connectivity index (χ3v) is 3.60. The number of nitrogens with one attached hydrogen (secondary N) is 2. The Hall–Kier alpha value is -1.84. The van der Waals surface area contributed by atoms with Crippen molar-refractivity contribution in [3.05, 3.63) is 5.82 Å². The molecular weight excluding hydrogens is 322 g/mol. The van der Waals surface area contributed by atoms with Gasteiger partial charge in [-0.25, -0.2) is 9.59 Å². The van der Waals surface area contributed by atoms with Crippen LogP contribution in [0, 0.1) is 0 Å². The minimum Gasteiger partial charge on any atom is -0.467 e. The quantitative estimate of drug-likeness (QED) is 0.527. The van der Waals surface area contributed by atoms with E-state index in [2.05, 4.69) is 25.9 Å². The second-order valence-electron chi connectivity index (χ2n) is 5.70. The molecule has 1 aromatic rings. The average Bonchev–Trinajstić information content (AvgIpc) is 2.96. The Bertz CT molecular complexity index is 489. The number of tetrazole rings is 1. The highest BCUT2D eigenvalue weighted by Gasteiger charge is 2.24. The molecule has 23 heavy (non-hydrogen) atoms. The summed E-state index contributed by atoms with van der Waals surface area (Å²) < 4.78 is 9.86. The van der Waals surface area contributed by atoms with E-state index in [1.165, 1.54) is 7.11 Å². The number of H-pyrrole nitrogens is 1. The Balaban J connectivity index is 2.33. The van der Waals surface area contributed by atoms with Crippen LogP contribution in [0.4, 0.5) is 4.79 Å². The van der Waals surface area contributed by atoms with Crippen molar-refractivity contribution in [1.29, 1.82) is 0 Å². The van der Waals surface area contributed by atoms with Crippen LogP contribution in [-0.2, 0) is 20.7 Å². The number of methoxy groups -OCH3 is 1.